The Bertz CT molecular complexity index is 957. The number of hydrogen-bond acceptors (Lipinski definition) is 4. The van der Waals surface area contributed by atoms with Gasteiger partial charge in [0, 0.05) is 24.6 Å². The number of carbonyl (C=O) groups is 1. The van der Waals surface area contributed by atoms with Crippen LogP contribution in [0, 0.1) is 11.7 Å². The van der Waals surface area contributed by atoms with Crippen LogP contribution in [0.3, 0.4) is 0 Å². The molecule has 1 heterocycles. The van der Waals surface area contributed by atoms with E-state index in [1.165, 1.54) is 22.5 Å². The monoisotopic (exact) mass is 420 g/mol. The number of benzene rings is 2. The maximum Gasteiger partial charge on any atom is 0.227 e. The van der Waals surface area contributed by atoms with Crippen molar-refractivity contribution >= 4 is 21.6 Å². The number of amides is 1. The Balaban J connectivity index is 1.59. The molecule has 1 saturated heterocycles. The second-order valence-corrected chi connectivity index (χ2v) is 8.91. The van der Waals surface area contributed by atoms with Crippen LogP contribution in [0.25, 0.3) is 0 Å². The van der Waals surface area contributed by atoms with Crippen molar-refractivity contribution in [3.63, 3.8) is 0 Å². The third-order valence-corrected chi connectivity index (χ3v) is 6.79. The van der Waals surface area contributed by atoms with Crippen LogP contribution in [-0.2, 0) is 20.6 Å². The SMILES string of the molecule is CCOc1ccccc1NC(=O)C1CCN(S(=O)(=O)Cc2ccccc2F)CC1. The van der Waals surface area contributed by atoms with Crippen molar-refractivity contribution < 1.29 is 22.3 Å². The van der Waals surface area contributed by atoms with Gasteiger partial charge < -0.3 is 10.1 Å². The van der Waals surface area contributed by atoms with Crippen LogP contribution < -0.4 is 10.1 Å². The van der Waals surface area contributed by atoms with Gasteiger partial charge >= 0.3 is 0 Å². The summed E-state index contributed by atoms with van der Waals surface area (Å²) in [4.78, 5) is 12.6. The summed E-state index contributed by atoms with van der Waals surface area (Å²) in [6.45, 7) is 2.84. The summed E-state index contributed by atoms with van der Waals surface area (Å²) in [5, 5.41) is 2.88. The van der Waals surface area contributed by atoms with Crippen molar-refractivity contribution in [2.45, 2.75) is 25.5 Å². The van der Waals surface area contributed by atoms with Gasteiger partial charge in [-0.25, -0.2) is 17.1 Å². The van der Waals surface area contributed by atoms with E-state index >= 15 is 0 Å². The molecule has 1 aliphatic rings. The van der Waals surface area contributed by atoms with Crippen molar-refractivity contribution in [3.8, 4) is 5.75 Å². The molecule has 1 fully saturated rings. The van der Waals surface area contributed by atoms with E-state index in [4.69, 9.17) is 4.74 Å². The van der Waals surface area contributed by atoms with E-state index in [0.29, 0.717) is 30.9 Å². The van der Waals surface area contributed by atoms with Gasteiger partial charge in [-0.3, -0.25) is 4.79 Å². The van der Waals surface area contributed by atoms with E-state index in [2.05, 4.69) is 5.32 Å². The average molecular weight is 421 g/mol. The highest BCUT2D eigenvalue weighted by Crippen LogP contribution is 2.27. The molecule has 0 spiro atoms. The van der Waals surface area contributed by atoms with Crippen LogP contribution in [0.15, 0.2) is 48.5 Å². The lowest BCUT2D eigenvalue weighted by Crippen LogP contribution is -2.42. The number of carbonyl (C=O) groups excluding carboxylic acids is 1. The highest BCUT2D eigenvalue weighted by Gasteiger charge is 2.31. The molecule has 1 N–H and O–H groups in total. The normalized spacial score (nSPS) is 15.8. The first-order valence-corrected chi connectivity index (χ1v) is 11.3. The zero-order valence-corrected chi connectivity index (χ0v) is 17.1. The van der Waals surface area contributed by atoms with Gasteiger partial charge in [-0.05, 0) is 38.0 Å². The Morgan fingerprint density at radius 3 is 2.48 bits per heavy atom. The number of rotatable bonds is 7. The maximum absolute atomic E-state index is 13.8. The highest BCUT2D eigenvalue weighted by molar-refractivity contribution is 7.88. The Kier molecular flexibility index (Phi) is 6.87. The average Bonchev–Trinajstić information content (AvgIpc) is 2.71. The van der Waals surface area contributed by atoms with Crippen LogP contribution in [0.1, 0.15) is 25.3 Å². The molecule has 8 heteroatoms. The topological polar surface area (TPSA) is 75.7 Å². The fourth-order valence-corrected chi connectivity index (χ4v) is 4.96. The quantitative estimate of drug-likeness (QED) is 0.745. The van der Waals surface area contributed by atoms with Gasteiger partial charge in [-0.15, -0.1) is 0 Å². The number of halogens is 1. The van der Waals surface area contributed by atoms with E-state index in [1.54, 1.807) is 18.2 Å². The molecule has 6 nitrogen and oxygen atoms in total. The molecule has 2 aromatic carbocycles. The summed E-state index contributed by atoms with van der Waals surface area (Å²) in [5.74, 6) is -0.738. The van der Waals surface area contributed by atoms with E-state index in [-0.39, 0.29) is 36.2 Å². The highest BCUT2D eigenvalue weighted by atomic mass is 32.2. The summed E-state index contributed by atoms with van der Waals surface area (Å²) in [6, 6.07) is 13.1. The van der Waals surface area contributed by atoms with E-state index in [1.807, 2.05) is 19.1 Å². The fourth-order valence-electron chi connectivity index (χ4n) is 3.39. The number of nitrogens with zero attached hydrogens (tertiary/aromatic N) is 1. The molecule has 0 radical (unpaired) electrons. The molecule has 0 saturated carbocycles. The molecule has 0 aliphatic carbocycles. The molecule has 1 amide bonds. The Labute approximate surface area is 170 Å². The van der Waals surface area contributed by atoms with Crippen molar-refractivity contribution in [3.05, 3.63) is 59.9 Å². The van der Waals surface area contributed by atoms with E-state index < -0.39 is 15.8 Å². The zero-order chi connectivity index (χ0) is 20.9. The summed E-state index contributed by atoms with van der Waals surface area (Å²) >= 11 is 0. The molecular weight excluding hydrogens is 395 g/mol. The van der Waals surface area contributed by atoms with E-state index in [9.17, 15) is 17.6 Å². The Morgan fingerprint density at radius 2 is 1.79 bits per heavy atom. The lowest BCUT2D eigenvalue weighted by Gasteiger charge is -2.30. The smallest absolute Gasteiger partial charge is 0.227 e. The van der Waals surface area contributed by atoms with Gasteiger partial charge in [0.25, 0.3) is 0 Å². The minimum Gasteiger partial charge on any atom is -0.492 e. The van der Waals surface area contributed by atoms with Crippen LogP contribution in [-0.4, -0.2) is 38.3 Å². The second kappa shape index (κ2) is 9.37. The molecule has 1 aliphatic heterocycles. The summed E-state index contributed by atoms with van der Waals surface area (Å²) in [6.07, 6.45) is 0.832. The number of sulfonamides is 1. The number of anilines is 1. The molecule has 0 aromatic heterocycles. The van der Waals surface area contributed by atoms with Crippen molar-refractivity contribution in [1.29, 1.82) is 0 Å². The molecule has 0 unspecified atom stereocenters. The molecule has 156 valence electrons. The summed E-state index contributed by atoms with van der Waals surface area (Å²) < 4.78 is 45.9. The van der Waals surface area contributed by atoms with Gasteiger partial charge in [-0.1, -0.05) is 30.3 Å². The number of para-hydroxylation sites is 2. The fraction of sp³-hybridized carbons (Fsp3) is 0.381. The van der Waals surface area contributed by atoms with Gasteiger partial charge in [0.05, 0.1) is 18.0 Å². The molecule has 0 atom stereocenters. The van der Waals surface area contributed by atoms with Gasteiger partial charge in [-0.2, -0.15) is 0 Å². The van der Waals surface area contributed by atoms with E-state index in [0.717, 1.165) is 0 Å². The standard InChI is InChI=1S/C21H25FN2O4S/c1-2-28-20-10-6-5-9-19(20)23-21(25)16-11-13-24(14-12-16)29(26,27)15-17-7-3-4-8-18(17)22/h3-10,16H,2,11-15H2,1H3,(H,23,25). The lowest BCUT2D eigenvalue weighted by atomic mass is 9.97. The molecule has 3 rings (SSSR count). The predicted molar refractivity (Wildman–Crippen MR) is 110 cm³/mol. The summed E-state index contributed by atoms with van der Waals surface area (Å²) in [7, 11) is -3.64. The van der Waals surface area contributed by atoms with Crippen LogP contribution >= 0.6 is 0 Å². The molecule has 2 aromatic rings. The lowest BCUT2D eigenvalue weighted by molar-refractivity contribution is -0.120. The van der Waals surface area contributed by atoms with Crippen molar-refractivity contribution in [2.24, 2.45) is 5.92 Å². The maximum atomic E-state index is 13.8. The molecule has 0 bridgehead atoms. The first-order chi connectivity index (χ1) is 13.9. The number of ether oxygens (including phenoxy) is 1. The van der Waals surface area contributed by atoms with Crippen molar-refractivity contribution in [2.75, 3.05) is 25.0 Å². The predicted octanol–water partition coefficient (Wildman–Crippen LogP) is 3.40. The number of hydrogen-bond donors (Lipinski definition) is 1. The first-order valence-electron chi connectivity index (χ1n) is 9.64. The van der Waals surface area contributed by atoms with Crippen molar-refractivity contribution in [1.82, 2.24) is 4.31 Å². The first kappa shape index (κ1) is 21.3. The van der Waals surface area contributed by atoms with Crippen LogP contribution in [0.5, 0.6) is 5.75 Å². The number of piperidine rings is 1. The van der Waals surface area contributed by atoms with Crippen LogP contribution in [0.2, 0.25) is 0 Å². The van der Waals surface area contributed by atoms with Gasteiger partial charge in [0.2, 0.25) is 15.9 Å². The minimum atomic E-state index is -3.64. The zero-order valence-electron chi connectivity index (χ0n) is 16.3. The molecular formula is C21H25FN2O4S. The minimum absolute atomic E-state index is 0.150. The Hall–Kier alpha value is -2.45. The third-order valence-electron chi connectivity index (χ3n) is 4.96. The van der Waals surface area contributed by atoms with Gasteiger partial charge in [0.15, 0.2) is 0 Å². The summed E-state index contributed by atoms with van der Waals surface area (Å²) in [5.41, 5.74) is 0.758. The second-order valence-electron chi connectivity index (χ2n) is 6.94. The van der Waals surface area contributed by atoms with Crippen LogP contribution in [0.4, 0.5) is 10.1 Å². The third kappa shape index (κ3) is 5.33. The number of nitrogens with one attached hydrogen (secondary N) is 1. The Morgan fingerprint density at radius 1 is 1.14 bits per heavy atom. The van der Waals surface area contributed by atoms with Gasteiger partial charge in [0.1, 0.15) is 11.6 Å². The molecule has 29 heavy (non-hydrogen) atoms. The largest absolute Gasteiger partial charge is 0.492 e.